The third-order valence-electron chi connectivity index (χ3n) is 2.38. The molecule has 0 radical (unpaired) electrons. The van der Waals surface area contributed by atoms with Crippen LogP contribution < -0.4 is 4.74 Å². The van der Waals surface area contributed by atoms with Gasteiger partial charge in [0.1, 0.15) is 5.76 Å². The number of carbonyl (C=O) groups excluding carboxylic acids is 1. The second-order valence-corrected chi connectivity index (χ2v) is 3.80. The highest BCUT2D eigenvalue weighted by atomic mass is 16.6. The maximum atomic E-state index is 10.7. The molecule has 0 fully saturated rings. The third-order valence-corrected chi connectivity index (χ3v) is 2.38. The summed E-state index contributed by atoms with van der Waals surface area (Å²) in [4.78, 5) is 10.7. The number of hydrogen-bond acceptors (Lipinski definition) is 3. The molecule has 88 valence electrons. The number of ether oxygens (including phenoxy) is 1. The second kappa shape index (κ2) is 5.34. The van der Waals surface area contributed by atoms with Crippen molar-refractivity contribution in [2.45, 2.75) is 19.8 Å². The predicted molar refractivity (Wildman–Crippen MR) is 63.9 cm³/mol. The predicted octanol–water partition coefficient (Wildman–Crippen LogP) is 2.99. The molecule has 0 N–H and O–H groups in total. The van der Waals surface area contributed by atoms with Crippen LogP contribution in [0.15, 0.2) is 46.9 Å². The first kappa shape index (κ1) is 11.5. The molecule has 0 amide bonds. The molecular weight excluding hydrogens is 216 g/mol. The van der Waals surface area contributed by atoms with E-state index in [1.165, 1.54) is 12.5 Å². The van der Waals surface area contributed by atoms with Crippen LogP contribution >= 0.6 is 0 Å². The van der Waals surface area contributed by atoms with Gasteiger partial charge in [-0.3, -0.25) is 4.79 Å². The average Bonchev–Trinajstić information content (AvgIpc) is 2.75. The maximum absolute atomic E-state index is 10.7. The van der Waals surface area contributed by atoms with Crippen LogP contribution in [-0.2, 0) is 17.6 Å². The lowest BCUT2D eigenvalue weighted by atomic mass is 10.1. The molecule has 0 unspecified atom stereocenters. The molecule has 0 atom stereocenters. The van der Waals surface area contributed by atoms with Crippen LogP contribution in [0.1, 0.15) is 18.2 Å². The zero-order chi connectivity index (χ0) is 12.1. The van der Waals surface area contributed by atoms with Gasteiger partial charge in [0.25, 0.3) is 5.95 Å². The van der Waals surface area contributed by atoms with Crippen LogP contribution in [0.5, 0.6) is 5.95 Å². The van der Waals surface area contributed by atoms with E-state index in [0.29, 0.717) is 0 Å². The van der Waals surface area contributed by atoms with Gasteiger partial charge in [-0.1, -0.05) is 30.3 Å². The molecule has 17 heavy (non-hydrogen) atoms. The van der Waals surface area contributed by atoms with Gasteiger partial charge < -0.3 is 9.15 Å². The summed E-state index contributed by atoms with van der Waals surface area (Å²) in [6.45, 7) is 1.35. The molecule has 0 aliphatic heterocycles. The van der Waals surface area contributed by atoms with Gasteiger partial charge in [0.15, 0.2) is 0 Å². The Morgan fingerprint density at radius 3 is 2.59 bits per heavy atom. The Bertz CT molecular complexity index is 485. The first-order chi connectivity index (χ1) is 8.24. The van der Waals surface area contributed by atoms with Gasteiger partial charge in [0.2, 0.25) is 0 Å². The summed E-state index contributed by atoms with van der Waals surface area (Å²) in [5.41, 5.74) is 1.26. The van der Waals surface area contributed by atoms with Gasteiger partial charge in [-0.2, -0.15) is 0 Å². The summed E-state index contributed by atoms with van der Waals surface area (Å²) in [5, 5.41) is 0. The summed E-state index contributed by atoms with van der Waals surface area (Å²) in [5.74, 6) is 0.722. The van der Waals surface area contributed by atoms with E-state index in [2.05, 4.69) is 12.1 Å². The maximum Gasteiger partial charge on any atom is 0.310 e. The van der Waals surface area contributed by atoms with Crippen LogP contribution in [0, 0.1) is 0 Å². The van der Waals surface area contributed by atoms with Gasteiger partial charge in [-0.25, -0.2) is 0 Å². The molecule has 0 bridgehead atoms. The lowest BCUT2D eigenvalue weighted by Gasteiger charge is -1.98. The molecule has 0 saturated heterocycles. The highest BCUT2D eigenvalue weighted by molar-refractivity contribution is 5.68. The van der Waals surface area contributed by atoms with Gasteiger partial charge in [-0.15, -0.1) is 0 Å². The normalized spacial score (nSPS) is 10.2. The Hall–Kier alpha value is -2.03. The average molecular weight is 230 g/mol. The topological polar surface area (TPSA) is 39.4 Å². The quantitative estimate of drug-likeness (QED) is 0.758. The summed E-state index contributed by atoms with van der Waals surface area (Å²) in [6, 6.07) is 13.7. The molecule has 0 spiro atoms. The summed E-state index contributed by atoms with van der Waals surface area (Å²) >= 11 is 0. The lowest BCUT2D eigenvalue weighted by Crippen LogP contribution is -1.99. The van der Waals surface area contributed by atoms with Gasteiger partial charge in [0, 0.05) is 19.4 Å². The van der Waals surface area contributed by atoms with Crippen molar-refractivity contribution in [2.24, 2.45) is 0 Å². The Morgan fingerprint density at radius 1 is 1.12 bits per heavy atom. The Kier molecular flexibility index (Phi) is 3.60. The van der Waals surface area contributed by atoms with Gasteiger partial charge in [-0.05, 0) is 18.1 Å². The van der Waals surface area contributed by atoms with E-state index in [-0.39, 0.29) is 11.9 Å². The minimum Gasteiger partial charge on any atom is -0.430 e. The standard InChI is InChI=1S/C14H14O3/c1-11(15)16-14-10-9-13(17-14)8-7-12-5-3-2-4-6-12/h2-6,9-10H,7-8H2,1H3. The number of hydrogen-bond donors (Lipinski definition) is 0. The van der Waals surface area contributed by atoms with Crippen LogP contribution in [0.3, 0.4) is 0 Å². The van der Waals surface area contributed by atoms with Gasteiger partial charge in [0.05, 0.1) is 0 Å². The number of rotatable bonds is 4. The number of benzene rings is 1. The highest BCUT2D eigenvalue weighted by Crippen LogP contribution is 2.17. The monoisotopic (exact) mass is 230 g/mol. The Labute approximate surface area is 100 Å². The first-order valence-electron chi connectivity index (χ1n) is 5.55. The number of esters is 1. The van der Waals surface area contributed by atoms with E-state index in [0.717, 1.165) is 18.6 Å². The van der Waals surface area contributed by atoms with Crippen molar-refractivity contribution in [2.75, 3.05) is 0 Å². The van der Waals surface area contributed by atoms with Crippen molar-refractivity contribution in [1.82, 2.24) is 0 Å². The van der Waals surface area contributed by atoms with E-state index >= 15 is 0 Å². The largest absolute Gasteiger partial charge is 0.430 e. The number of furan rings is 1. The molecule has 0 saturated carbocycles. The van der Waals surface area contributed by atoms with Crippen LogP contribution in [0.25, 0.3) is 0 Å². The molecule has 3 heteroatoms. The van der Waals surface area contributed by atoms with Crippen molar-refractivity contribution >= 4 is 5.97 Å². The van der Waals surface area contributed by atoms with E-state index in [4.69, 9.17) is 9.15 Å². The zero-order valence-corrected chi connectivity index (χ0v) is 9.68. The van der Waals surface area contributed by atoms with E-state index in [1.807, 2.05) is 24.3 Å². The molecule has 2 aromatic rings. The smallest absolute Gasteiger partial charge is 0.310 e. The molecule has 1 aromatic heterocycles. The highest BCUT2D eigenvalue weighted by Gasteiger charge is 2.05. The fraction of sp³-hybridized carbons (Fsp3) is 0.214. The SMILES string of the molecule is CC(=O)Oc1ccc(CCc2ccccc2)o1. The van der Waals surface area contributed by atoms with Crippen molar-refractivity contribution in [3.8, 4) is 5.95 Å². The molecule has 0 aliphatic rings. The fourth-order valence-electron chi connectivity index (χ4n) is 1.60. The molecule has 0 aliphatic carbocycles. The van der Waals surface area contributed by atoms with Crippen LogP contribution in [0.4, 0.5) is 0 Å². The summed E-state index contributed by atoms with van der Waals surface area (Å²) < 4.78 is 10.2. The van der Waals surface area contributed by atoms with Crippen molar-refractivity contribution in [3.05, 3.63) is 53.8 Å². The molecule has 2 rings (SSSR count). The second-order valence-electron chi connectivity index (χ2n) is 3.80. The third kappa shape index (κ3) is 3.48. The zero-order valence-electron chi connectivity index (χ0n) is 9.68. The first-order valence-corrected chi connectivity index (χ1v) is 5.55. The molecule has 1 heterocycles. The van der Waals surface area contributed by atoms with E-state index in [1.54, 1.807) is 6.07 Å². The number of carbonyl (C=O) groups is 1. The van der Waals surface area contributed by atoms with Crippen molar-refractivity contribution in [1.29, 1.82) is 0 Å². The molecule has 1 aromatic carbocycles. The summed E-state index contributed by atoms with van der Waals surface area (Å²) in [6.07, 6.45) is 1.71. The van der Waals surface area contributed by atoms with E-state index < -0.39 is 0 Å². The summed E-state index contributed by atoms with van der Waals surface area (Å²) in [7, 11) is 0. The minimum atomic E-state index is -0.367. The minimum absolute atomic E-state index is 0.264. The molecule has 3 nitrogen and oxygen atoms in total. The van der Waals surface area contributed by atoms with Crippen LogP contribution in [-0.4, -0.2) is 5.97 Å². The van der Waals surface area contributed by atoms with Crippen molar-refractivity contribution < 1.29 is 13.9 Å². The Balaban J connectivity index is 1.91. The number of aryl methyl sites for hydroxylation is 2. The van der Waals surface area contributed by atoms with Crippen molar-refractivity contribution in [3.63, 3.8) is 0 Å². The lowest BCUT2D eigenvalue weighted by molar-refractivity contribution is -0.133. The molecular formula is C14H14O3. The van der Waals surface area contributed by atoms with Gasteiger partial charge >= 0.3 is 5.97 Å². The van der Waals surface area contributed by atoms with Crippen LogP contribution in [0.2, 0.25) is 0 Å². The fourth-order valence-corrected chi connectivity index (χ4v) is 1.60. The van der Waals surface area contributed by atoms with E-state index in [9.17, 15) is 4.79 Å². The Morgan fingerprint density at radius 2 is 1.88 bits per heavy atom.